The van der Waals surface area contributed by atoms with E-state index in [2.05, 4.69) is 42.5 Å². The molecule has 5 rings (SSSR count). The molecule has 2 aromatic carbocycles. The minimum absolute atomic E-state index is 0.111. The van der Waals surface area contributed by atoms with Crippen molar-refractivity contribution >= 4 is 28.6 Å². The number of likely N-dealkylation sites (tertiary alicyclic amines) is 1. The van der Waals surface area contributed by atoms with Gasteiger partial charge in [0.1, 0.15) is 0 Å². The summed E-state index contributed by atoms with van der Waals surface area (Å²) < 4.78 is 13.3. The molecule has 3 heterocycles. The third kappa shape index (κ3) is 7.53. The number of aryl methyl sites for hydroxylation is 1. The molecule has 1 amide bonds. The van der Waals surface area contributed by atoms with Gasteiger partial charge in [0.05, 0.1) is 11.0 Å². The summed E-state index contributed by atoms with van der Waals surface area (Å²) in [6, 6.07) is 11.9. The molecule has 1 saturated heterocycles. The molecule has 0 atom stereocenters. The quantitative estimate of drug-likeness (QED) is 0.244. The molecule has 1 aromatic heterocycles. The molecule has 0 radical (unpaired) electrons. The molecule has 2 aliphatic rings. The first-order valence-electron chi connectivity index (χ1n) is 15.6. The first-order chi connectivity index (χ1) is 19.9. The second-order valence-electron chi connectivity index (χ2n) is 12.4. The maximum atomic E-state index is 13.8. The zero-order chi connectivity index (χ0) is 28.8. The number of imidazole rings is 1. The van der Waals surface area contributed by atoms with Crippen LogP contribution in [0.5, 0.6) is 11.5 Å². The average molecular weight is 562 g/mol. The van der Waals surface area contributed by atoms with Crippen molar-refractivity contribution in [2.75, 3.05) is 44.8 Å². The van der Waals surface area contributed by atoms with Gasteiger partial charge in [0.25, 0.3) is 5.91 Å². The smallest absolute Gasteiger partial charge is 0.253 e. The molecule has 1 fully saturated rings. The number of piperidine rings is 1. The van der Waals surface area contributed by atoms with E-state index >= 15 is 0 Å². The Kier molecular flexibility index (Phi) is 9.70. The van der Waals surface area contributed by atoms with Crippen molar-refractivity contribution in [3.63, 3.8) is 0 Å². The molecule has 8 nitrogen and oxygen atoms in total. The first kappa shape index (κ1) is 29.2. The number of hydrogen-bond donors (Lipinski definition) is 1. The number of ether oxygens (including phenoxy) is 2. The number of nitrogens with one attached hydrogen (secondary N) is 1. The van der Waals surface area contributed by atoms with Crippen molar-refractivity contribution < 1.29 is 14.3 Å². The minimum atomic E-state index is 0.111. The summed E-state index contributed by atoms with van der Waals surface area (Å²) in [6.07, 6.45) is 6.96. The third-order valence-corrected chi connectivity index (χ3v) is 8.17. The van der Waals surface area contributed by atoms with Gasteiger partial charge in [-0.05, 0) is 93.9 Å². The summed E-state index contributed by atoms with van der Waals surface area (Å²) >= 11 is 0. The molecule has 0 bridgehead atoms. The van der Waals surface area contributed by atoms with Crippen LogP contribution in [0.4, 0.5) is 11.6 Å². The van der Waals surface area contributed by atoms with Crippen LogP contribution in [0.1, 0.15) is 76.6 Å². The van der Waals surface area contributed by atoms with E-state index in [1.54, 1.807) is 0 Å². The largest absolute Gasteiger partial charge is 0.454 e. The van der Waals surface area contributed by atoms with Crippen LogP contribution in [0.15, 0.2) is 36.4 Å². The lowest BCUT2D eigenvalue weighted by Gasteiger charge is -2.26. The Morgan fingerprint density at radius 2 is 1.66 bits per heavy atom. The zero-order valence-electron chi connectivity index (χ0n) is 25.3. The van der Waals surface area contributed by atoms with Gasteiger partial charge in [-0.2, -0.15) is 0 Å². The normalized spacial score (nSPS) is 15.3. The molecule has 222 valence electrons. The van der Waals surface area contributed by atoms with Crippen LogP contribution in [-0.2, 0) is 6.54 Å². The molecule has 3 aromatic rings. The van der Waals surface area contributed by atoms with Crippen molar-refractivity contribution in [3.05, 3.63) is 42.0 Å². The van der Waals surface area contributed by atoms with E-state index in [1.165, 1.54) is 32.4 Å². The molecule has 0 spiro atoms. The van der Waals surface area contributed by atoms with Gasteiger partial charge in [-0.1, -0.05) is 34.1 Å². The average Bonchev–Trinajstić information content (AvgIpc) is 3.57. The fourth-order valence-electron chi connectivity index (χ4n) is 5.64. The van der Waals surface area contributed by atoms with Gasteiger partial charge in [0, 0.05) is 37.0 Å². The van der Waals surface area contributed by atoms with Crippen molar-refractivity contribution in [2.24, 2.45) is 11.8 Å². The Labute approximate surface area is 245 Å². The van der Waals surface area contributed by atoms with Crippen LogP contribution >= 0.6 is 0 Å². The van der Waals surface area contributed by atoms with Gasteiger partial charge in [-0.3, -0.25) is 4.79 Å². The number of benzene rings is 2. The minimum Gasteiger partial charge on any atom is -0.454 e. The first-order valence-corrected chi connectivity index (χ1v) is 15.6. The molecule has 8 heteroatoms. The van der Waals surface area contributed by atoms with Crippen LogP contribution < -0.4 is 14.8 Å². The van der Waals surface area contributed by atoms with Crippen molar-refractivity contribution in [3.8, 4) is 11.5 Å². The van der Waals surface area contributed by atoms with Crippen LogP contribution in [0.3, 0.4) is 0 Å². The third-order valence-electron chi connectivity index (χ3n) is 8.17. The number of rotatable bonds is 13. The number of nitrogens with zero attached hydrogens (tertiary/aromatic N) is 4. The maximum Gasteiger partial charge on any atom is 0.253 e. The highest BCUT2D eigenvalue weighted by Gasteiger charge is 2.20. The maximum absolute atomic E-state index is 13.8. The number of fused-ring (bicyclic) bond motifs is 2. The monoisotopic (exact) mass is 561 g/mol. The summed E-state index contributed by atoms with van der Waals surface area (Å²) in [4.78, 5) is 23.4. The van der Waals surface area contributed by atoms with Gasteiger partial charge >= 0.3 is 0 Å². The lowest BCUT2D eigenvalue weighted by Crippen LogP contribution is -2.34. The van der Waals surface area contributed by atoms with Crippen LogP contribution in [0.25, 0.3) is 11.0 Å². The molecule has 41 heavy (non-hydrogen) atoms. The summed E-state index contributed by atoms with van der Waals surface area (Å²) in [6.45, 7) is 15.0. The van der Waals surface area contributed by atoms with Crippen molar-refractivity contribution in [2.45, 2.75) is 72.8 Å². The Balaban J connectivity index is 1.42. The molecule has 2 aliphatic heterocycles. The molecule has 1 N–H and O–H groups in total. The molecule has 0 saturated carbocycles. The van der Waals surface area contributed by atoms with Crippen LogP contribution in [-0.4, -0.2) is 64.8 Å². The highest BCUT2D eigenvalue weighted by molar-refractivity contribution is 5.98. The van der Waals surface area contributed by atoms with Crippen LogP contribution in [0.2, 0.25) is 0 Å². The van der Waals surface area contributed by atoms with E-state index in [4.69, 9.17) is 14.5 Å². The highest BCUT2D eigenvalue weighted by atomic mass is 16.7. The SMILES string of the molecule is CC(C)CCN(CCC(C)C)C(=O)c1ccc2nc(Nc3ccc4c(c3)OCO4)n(CCCN3CCCCC3)c2c1. The number of anilines is 2. The number of carbonyl (C=O) groups is 1. The fraction of sp³-hybridized carbons (Fsp3) is 0.576. The zero-order valence-corrected chi connectivity index (χ0v) is 25.3. The Hall–Kier alpha value is -3.26. The predicted octanol–water partition coefficient (Wildman–Crippen LogP) is 6.92. The lowest BCUT2D eigenvalue weighted by atomic mass is 10.1. The van der Waals surface area contributed by atoms with E-state index < -0.39 is 0 Å². The Bertz CT molecular complexity index is 1300. The van der Waals surface area contributed by atoms with E-state index in [0.717, 1.165) is 85.2 Å². The van der Waals surface area contributed by atoms with Gasteiger partial charge in [0.2, 0.25) is 12.7 Å². The molecule has 0 unspecified atom stereocenters. The topological polar surface area (TPSA) is 71.9 Å². The highest BCUT2D eigenvalue weighted by Crippen LogP contribution is 2.35. The van der Waals surface area contributed by atoms with Gasteiger partial charge < -0.3 is 29.2 Å². The standard InChI is InChI=1S/C33H47N5O3/c1-24(2)13-19-37(20-14-25(3)4)32(39)26-9-11-28-29(21-26)38(18-8-17-36-15-6-5-7-16-36)33(35-28)34-27-10-12-30-31(22-27)41-23-40-30/h9-12,21-22,24-25H,5-8,13-20,23H2,1-4H3,(H,34,35). The summed E-state index contributed by atoms with van der Waals surface area (Å²) in [5.74, 6) is 3.49. The van der Waals surface area contributed by atoms with E-state index in [9.17, 15) is 4.79 Å². The second kappa shape index (κ2) is 13.6. The van der Waals surface area contributed by atoms with Crippen molar-refractivity contribution in [1.29, 1.82) is 0 Å². The second-order valence-corrected chi connectivity index (χ2v) is 12.4. The number of amides is 1. The molecular formula is C33H47N5O3. The summed E-state index contributed by atoms with van der Waals surface area (Å²) in [5.41, 5.74) is 3.51. The van der Waals surface area contributed by atoms with E-state index in [1.807, 2.05) is 41.3 Å². The number of aromatic nitrogens is 2. The predicted molar refractivity (Wildman–Crippen MR) is 165 cm³/mol. The van der Waals surface area contributed by atoms with Gasteiger partial charge in [-0.25, -0.2) is 4.98 Å². The number of hydrogen-bond acceptors (Lipinski definition) is 6. The Morgan fingerprint density at radius 3 is 2.39 bits per heavy atom. The Morgan fingerprint density at radius 1 is 0.927 bits per heavy atom. The van der Waals surface area contributed by atoms with E-state index in [-0.39, 0.29) is 12.7 Å². The fourth-order valence-corrected chi connectivity index (χ4v) is 5.64. The van der Waals surface area contributed by atoms with Crippen molar-refractivity contribution in [1.82, 2.24) is 19.4 Å². The van der Waals surface area contributed by atoms with Gasteiger partial charge in [-0.15, -0.1) is 0 Å². The summed E-state index contributed by atoms with van der Waals surface area (Å²) in [5, 5.41) is 3.52. The van der Waals surface area contributed by atoms with E-state index in [0.29, 0.717) is 11.8 Å². The lowest BCUT2D eigenvalue weighted by molar-refractivity contribution is 0.0741. The molecule has 0 aliphatic carbocycles. The number of carbonyl (C=O) groups excluding carboxylic acids is 1. The summed E-state index contributed by atoms with van der Waals surface area (Å²) in [7, 11) is 0. The van der Waals surface area contributed by atoms with Crippen LogP contribution in [0, 0.1) is 11.8 Å². The molecular weight excluding hydrogens is 514 g/mol. The van der Waals surface area contributed by atoms with Gasteiger partial charge in [0.15, 0.2) is 11.5 Å².